The number of amides is 1. The molecule has 7 heteroatoms. The van der Waals surface area contributed by atoms with Gasteiger partial charge in [0.1, 0.15) is 12.4 Å². The van der Waals surface area contributed by atoms with E-state index < -0.39 is 0 Å². The van der Waals surface area contributed by atoms with Gasteiger partial charge in [0.05, 0.1) is 17.9 Å². The fraction of sp³-hybridized carbons (Fsp3) is 0.273. The molecule has 29 heavy (non-hydrogen) atoms. The first-order valence-electron chi connectivity index (χ1n) is 9.30. The normalized spacial score (nSPS) is 10.8. The van der Waals surface area contributed by atoms with Crippen LogP contribution >= 0.6 is 0 Å². The van der Waals surface area contributed by atoms with E-state index in [9.17, 15) is 9.18 Å². The van der Waals surface area contributed by atoms with E-state index in [1.165, 1.54) is 6.07 Å². The number of carbonyl (C=O) groups excluding carboxylic acids is 1. The van der Waals surface area contributed by atoms with Gasteiger partial charge in [-0.3, -0.25) is 4.79 Å². The maximum absolute atomic E-state index is 14.2. The molecule has 0 aliphatic carbocycles. The molecule has 1 N–H and O–H groups in total. The SMILES string of the molecule is COCCOc1ncccc1CNC(=O)c1cc(C)n(-c2ccccc2F)c1C. The Labute approximate surface area is 169 Å². The number of rotatable bonds is 8. The lowest BCUT2D eigenvalue weighted by Gasteiger charge is -2.12. The molecule has 0 radical (unpaired) electrons. The van der Waals surface area contributed by atoms with Gasteiger partial charge >= 0.3 is 0 Å². The van der Waals surface area contributed by atoms with Crippen molar-refractivity contribution in [2.75, 3.05) is 20.3 Å². The summed E-state index contributed by atoms with van der Waals surface area (Å²) in [6.45, 7) is 4.73. The van der Waals surface area contributed by atoms with E-state index in [0.717, 1.165) is 11.3 Å². The molecule has 0 unspecified atom stereocenters. The van der Waals surface area contributed by atoms with E-state index in [4.69, 9.17) is 9.47 Å². The van der Waals surface area contributed by atoms with E-state index in [1.54, 1.807) is 55.1 Å². The van der Waals surface area contributed by atoms with Gasteiger partial charge in [0.15, 0.2) is 0 Å². The van der Waals surface area contributed by atoms with Gasteiger partial charge in [-0.05, 0) is 38.1 Å². The van der Waals surface area contributed by atoms with Crippen molar-refractivity contribution in [3.63, 3.8) is 0 Å². The van der Waals surface area contributed by atoms with Crippen LogP contribution in [-0.4, -0.2) is 35.8 Å². The van der Waals surface area contributed by atoms with E-state index in [1.807, 2.05) is 13.0 Å². The first-order valence-corrected chi connectivity index (χ1v) is 9.30. The Hall–Kier alpha value is -3.19. The highest BCUT2D eigenvalue weighted by Gasteiger charge is 2.18. The number of pyridine rings is 1. The van der Waals surface area contributed by atoms with E-state index >= 15 is 0 Å². The zero-order chi connectivity index (χ0) is 20.8. The summed E-state index contributed by atoms with van der Waals surface area (Å²) in [4.78, 5) is 17.0. The monoisotopic (exact) mass is 397 g/mol. The van der Waals surface area contributed by atoms with Crippen molar-refractivity contribution in [2.24, 2.45) is 0 Å². The zero-order valence-corrected chi connectivity index (χ0v) is 16.7. The highest BCUT2D eigenvalue weighted by molar-refractivity contribution is 5.95. The predicted octanol–water partition coefficient (Wildman–Crippen LogP) is 3.58. The highest BCUT2D eigenvalue weighted by Crippen LogP contribution is 2.23. The number of halogens is 1. The number of methoxy groups -OCH3 is 1. The summed E-state index contributed by atoms with van der Waals surface area (Å²) in [6.07, 6.45) is 1.63. The van der Waals surface area contributed by atoms with Crippen LogP contribution < -0.4 is 10.1 Å². The molecule has 3 aromatic rings. The lowest BCUT2D eigenvalue weighted by Crippen LogP contribution is -2.24. The van der Waals surface area contributed by atoms with E-state index in [0.29, 0.717) is 36.0 Å². The minimum atomic E-state index is -0.338. The summed E-state index contributed by atoms with van der Waals surface area (Å²) < 4.78 is 26.6. The number of ether oxygens (including phenoxy) is 2. The smallest absolute Gasteiger partial charge is 0.253 e. The Morgan fingerprint density at radius 2 is 1.97 bits per heavy atom. The third-order valence-electron chi connectivity index (χ3n) is 4.58. The molecule has 0 saturated carbocycles. The van der Waals surface area contributed by atoms with Crippen molar-refractivity contribution in [3.8, 4) is 11.6 Å². The maximum Gasteiger partial charge on any atom is 0.253 e. The molecule has 0 bridgehead atoms. The number of para-hydroxylation sites is 1. The van der Waals surface area contributed by atoms with Crippen LogP contribution in [0.4, 0.5) is 4.39 Å². The molecule has 0 fully saturated rings. The van der Waals surface area contributed by atoms with Crippen LogP contribution in [0.5, 0.6) is 5.88 Å². The standard InChI is InChI=1S/C22H24FN3O3/c1-15-13-18(16(2)26(15)20-9-5-4-8-19(20)23)21(27)25-14-17-7-6-10-24-22(17)29-12-11-28-3/h4-10,13H,11-12,14H2,1-3H3,(H,25,27). The summed E-state index contributed by atoms with van der Waals surface area (Å²) in [5.74, 6) is -0.122. The molecule has 0 aliphatic rings. The molecule has 6 nitrogen and oxygen atoms in total. The number of aryl methyl sites for hydroxylation is 1. The summed E-state index contributed by atoms with van der Waals surface area (Å²) in [6, 6.07) is 11.9. The fourth-order valence-electron chi connectivity index (χ4n) is 3.18. The van der Waals surface area contributed by atoms with Gasteiger partial charge in [-0.2, -0.15) is 0 Å². The zero-order valence-electron chi connectivity index (χ0n) is 16.7. The first kappa shape index (κ1) is 20.5. The van der Waals surface area contributed by atoms with Crippen LogP contribution in [0.3, 0.4) is 0 Å². The largest absolute Gasteiger partial charge is 0.475 e. The topological polar surface area (TPSA) is 65.4 Å². The molecule has 1 amide bonds. The average Bonchev–Trinajstić information content (AvgIpc) is 3.02. The number of hydrogen-bond donors (Lipinski definition) is 1. The molecule has 2 aromatic heterocycles. The Bertz CT molecular complexity index is 1000. The van der Waals surface area contributed by atoms with Crippen LogP contribution in [0.2, 0.25) is 0 Å². The molecule has 2 heterocycles. The molecule has 1 aromatic carbocycles. The second-order valence-electron chi connectivity index (χ2n) is 6.56. The number of nitrogens with one attached hydrogen (secondary N) is 1. The van der Waals surface area contributed by atoms with Crippen molar-refractivity contribution in [2.45, 2.75) is 20.4 Å². The molecule has 3 rings (SSSR count). The molecular formula is C22H24FN3O3. The van der Waals surface area contributed by atoms with Crippen LogP contribution in [-0.2, 0) is 11.3 Å². The van der Waals surface area contributed by atoms with Gasteiger partial charge in [-0.25, -0.2) is 9.37 Å². The lowest BCUT2D eigenvalue weighted by molar-refractivity contribution is 0.0949. The summed E-state index contributed by atoms with van der Waals surface area (Å²) >= 11 is 0. The van der Waals surface area contributed by atoms with Gasteiger partial charge in [0.2, 0.25) is 5.88 Å². The Morgan fingerprint density at radius 1 is 1.17 bits per heavy atom. The maximum atomic E-state index is 14.2. The van der Waals surface area contributed by atoms with Crippen molar-refractivity contribution in [3.05, 3.63) is 77.0 Å². The Morgan fingerprint density at radius 3 is 2.72 bits per heavy atom. The van der Waals surface area contributed by atoms with Gasteiger partial charge in [0.25, 0.3) is 5.91 Å². The number of benzene rings is 1. The number of aromatic nitrogens is 2. The van der Waals surface area contributed by atoms with Crippen molar-refractivity contribution in [1.29, 1.82) is 0 Å². The molecule has 0 spiro atoms. The summed E-state index contributed by atoms with van der Waals surface area (Å²) in [7, 11) is 1.60. The Kier molecular flexibility index (Phi) is 6.61. The van der Waals surface area contributed by atoms with Crippen LogP contribution in [0.15, 0.2) is 48.7 Å². The van der Waals surface area contributed by atoms with Crippen molar-refractivity contribution >= 4 is 5.91 Å². The van der Waals surface area contributed by atoms with E-state index in [2.05, 4.69) is 10.3 Å². The molecule has 0 atom stereocenters. The lowest BCUT2D eigenvalue weighted by atomic mass is 10.2. The van der Waals surface area contributed by atoms with Gasteiger partial charge in [0, 0.05) is 36.8 Å². The van der Waals surface area contributed by atoms with Crippen LogP contribution in [0.25, 0.3) is 5.69 Å². The molecular weight excluding hydrogens is 373 g/mol. The highest BCUT2D eigenvalue weighted by atomic mass is 19.1. The van der Waals surface area contributed by atoms with Gasteiger partial charge in [-0.1, -0.05) is 18.2 Å². The quantitative estimate of drug-likeness (QED) is 0.590. The molecule has 0 aliphatic heterocycles. The van der Waals surface area contributed by atoms with Gasteiger partial charge in [-0.15, -0.1) is 0 Å². The van der Waals surface area contributed by atoms with Gasteiger partial charge < -0.3 is 19.4 Å². The second kappa shape index (κ2) is 9.34. The van der Waals surface area contributed by atoms with E-state index in [-0.39, 0.29) is 18.3 Å². The predicted molar refractivity (Wildman–Crippen MR) is 108 cm³/mol. The second-order valence-corrected chi connectivity index (χ2v) is 6.56. The minimum Gasteiger partial charge on any atom is -0.475 e. The number of carbonyl (C=O) groups is 1. The van der Waals surface area contributed by atoms with Crippen molar-refractivity contribution in [1.82, 2.24) is 14.9 Å². The first-order chi connectivity index (χ1) is 14.0. The van der Waals surface area contributed by atoms with Crippen LogP contribution in [0, 0.1) is 19.7 Å². The summed E-state index contributed by atoms with van der Waals surface area (Å²) in [5.41, 5.74) is 3.13. The third-order valence-corrected chi connectivity index (χ3v) is 4.58. The summed E-state index contributed by atoms with van der Waals surface area (Å²) in [5, 5.41) is 2.90. The van der Waals surface area contributed by atoms with Crippen molar-refractivity contribution < 1.29 is 18.7 Å². The number of hydrogen-bond acceptors (Lipinski definition) is 4. The molecule has 152 valence electrons. The fourth-order valence-corrected chi connectivity index (χ4v) is 3.18. The average molecular weight is 397 g/mol. The third kappa shape index (κ3) is 4.63. The number of nitrogens with zero attached hydrogens (tertiary/aromatic N) is 2. The minimum absolute atomic E-state index is 0.243. The molecule has 0 saturated heterocycles. The van der Waals surface area contributed by atoms with Crippen LogP contribution in [0.1, 0.15) is 27.3 Å². The Balaban J connectivity index is 1.76.